The predicted molar refractivity (Wildman–Crippen MR) is 153 cm³/mol. The van der Waals surface area contributed by atoms with Gasteiger partial charge in [-0.15, -0.1) is 11.3 Å². The Morgan fingerprint density at radius 2 is 1.87 bits per heavy atom. The predicted octanol–water partition coefficient (Wildman–Crippen LogP) is 4.80. The summed E-state index contributed by atoms with van der Waals surface area (Å²) in [4.78, 5) is 30.6. The topological polar surface area (TPSA) is 124 Å². The zero-order valence-electron chi connectivity index (χ0n) is 21.1. The number of para-hydroxylation sites is 1. The highest BCUT2D eigenvalue weighted by Gasteiger charge is 2.14. The van der Waals surface area contributed by atoms with Crippen LogP contribution >= 0.6 is 11.3 Å². The quantitative estimate of drug-likeness (QED) is 0.152. The van der Waals surface area contributed by atoms with E-state index in [0.29, 0.717) is 35.9 Å². The molecule has 4 N–H and O–H groups in total. The summed E-state index contributed by atoms with van der Waals surface area (Å²) in [7, 11) is 3.85. The van der Waals surface area contributed by atoms with E-state index in [2.05, 4.69) is 26.3 Å². The first-order valence-corrected chi connectivity index (χ1v) is 12.8. The van der Waals surface area contributed by atoms with Crippen molar-refractivity contribution in [1.82, 2.24) is 15.2 Å². The van der Waals surface area contributed by atoms with Crippen molar-refractivity contribution in [2.24, 2.45) is 0 Å². The van der Waals surface area contributed by atoms with Crippen LogP contribution in [-0.2, 0) is 6.54 Å². The van der Waals surface area contributed by atoms with Gasteiger partial charge >= 0.3 is 0 Å². The highest BCUT2D eigenvalue weighted by Crippen LogP contribution is 2.26. The molecule has 0 bridgehead atoms. The number of benzene rings is 2. The van der Waals surface area contributed by atoms with Gasteiger partial charge in [0.25, 0.3) is 12.1 Å². The molecule has 0 unspecified atom stereocenters. The number of fused-ring (bicyclic) bond motifs is 1. The van der Waals surface area contributed by atoms with Gasteiger partial charge in [-0.1, -0.05) is 24.3 Å². The van der Waals surface area contributed by atoms with Crippen molar-refractivity contribution in [2.75, 3.05) is 43.1 Å². The first kappa shape index (κ1) is 26.6. The van der Waals surface area contributed by atoms with Crippen LogP contribution in [0.3, 0.4) is 0 Å². The van der Waals surface area contributed by atoms with Gasteiger partial charge in [-0.3, -0.25) is 19.9 Å². The molecule has 196 valence electrons. The van der Waals surface area contributed by atoms with E-state index in [0.717, 1.165) is 28.4 Å². The van der Waals surface area contributed by atoms with Crippen LogP contribution in [0.25, 0.3) is 10.9 Å². The Labute approximate surface area is 224 Å². The van der Waals surface area contributed by atoms with Crippen LogP contribution in [0.1, 0.15) is 15.2 Å². The lowest BCUT2D eigenvalue weighted by Gasteiger charge is -2.15. The summed E-state index contributed by atoms with van der Waals surface area (Å²) in [6, 6.07) is 18.8. The number of thiophene rings is 1. The standard InChI is InChI=1S/C27H29N7O3S/c1-33(2)14-13-29-25(18-34(36)37)31-20-6-5-7-21(16-20)32-27(35)26-24(11-15-38-26)30-17-19-10-12-28-23-9-4-3-8-22(19)23/h3-12,15-16,18,29-31H,13-14,17H2,1-2H3,(H,32,35)/b25-18-. The van der Waals surface area contributed by atoms with Gasteiger partial charge < -0.3 is 26.2 Å². The molecule has 0 spiro atoms. The summed E-state index contributed by atoms with van der Waals surface area (Å²) in [5, 5.41) is 26.3. The maximum Gasteiger partial charge on any atom is 0.274 e. The fourth-order valence-electron chi connectivity index (χ4n) is 3.78. The number of amides is 1. The minimum Gasteiger partial charge on any atom is -0.380 e. The van der Waals surface area contributed by atoms with E-state index < -0.39 is 4.92 Å². The number of pyridine rings is 1. The van der Waals surface area contributed by atoms with Gasteiger partial charge in [0.05, 0.1) is 16.1 Å². The summed E-state index contributed by atoms with van der Waals surface area (Å²) < 4.78 is 0. The second-order valence-corrected chi connectivity index (χ2v) is 9.64. The number of rotatable bonds is 12. The normalized spacial score (nSPS) is 11.4. The fourth-order valence-corrected chi connectivity index (χ4v) is 4.55. The molecule has 2 aromatic heterocycles. The Morgan fingerprint density at radius 3 is 2.66 bits per heavy atom. The van der Waals surface area contributed by atoms with Crippen LogP contribution in [0.4, 0.5) is 17.1 Å². The van der Waals surface area contributed by atoms with E-state index in [9.17, 15) is 14.9 Å². The molecule has 2 aromatic carbocycles. The molecule has 0 aliphatic rings. The van der Waals surface area contributed by atoms with Gasteiger partial charge in [-0.25, -0.2) is 0 Å². The summed E-state index contributed by atoms with van der Waals surface area (Å²) in [6.45, 7) is 1.78. The molecule has 1 amide bonds. The molecule has 4 aromatic rings. The third kappa shape index (κ3) is 7.28. The second-order valence-electron chi connectivity index (χ2n) is 8.72. The Balaban J connectivity index is 1.42. The molecule has 0 fully saturated rings. The highest BCUT2D eigenvalue weighted by molar-refractivity contribution is 7.12. The second kappa shape index (κ2) is 12.7. The molecular weight excluding hydrogens is 502 g/mol. The zero-order valence-corrected chi connectivity index (χ0v) is 21.9. The van der Waals surface area contributed by atoms with Crippen molar-refractivity contribution in [3.8, 4) is 0 Å². The number of nitro groups is 1. The first-order valence-electron chi connectivity index (χ1n) is 12.0. The molecule has 0 aliphatic carbocycles. The van der Waals surface area contributed by atoms with Gasteiger partial charge in [0.1, 0.15) is 4.88 Å². The van der Waals surface area contributed by atoms with Crippen molar-refractivity contribution >= 4 is 45.2 Å². The summed E-state index contributed by atoms with van der Waals surface area (Å²) >= 11 is 1.35. The third-order valence-corrected chi connectivity index (χ3v) is 6.50. The van der Waals surface area contributed by atoms with Crippen molar-refractivity contribution in [2.45, 2.75) is 6.54 Å². The molecule has 0 saturated heterocycles. The molecular formula is C27H29N7O3S. The Kier molecular flexibility index (Phi) is 8.85. The summed E-state index contributed by atoms with van der Waals surface area (Å²) in [5.74, 6) is 0.0121. The van der Waals surface area contributed by atoms with E-state index >= 15 is 0 Å². The van der Waals surface area contributed by atoms with Gasteiger partial charge in [-0.2, -0.15) is 0 Å². The Morgan fingerprint density at radius 1 is 1.08 bits per heavy atom. The smallest absolute Gasteiger partial charge is 0.274 e. The van der Waals surface area contributed by atoms with Crippen LogP contribution in [-0.4, -0.2) is 47.9 Å². The van der Waals surface area contributed by atoms with E-state index in [1.807, 2.05) is 60.8 Å². The number of carbonyl (C=O) groups excluding carboxylic acids is 1. The van der Waals surface area contributed by atoms with E-state index in [1.54, 1.807) is 30.5 Å². The molecule has 2 heterocycles. The summed E-state index contributed by atoms with van der Waals surface area (Å²) in [5.41, 5.74) is 3.91. The Bertz CT molecular complexity index is 1450. The van der Waals surface area contributed by atoms with Gasteiger partial charge in [-0.05, 0) is 61.4 Å². The van der Waals surface area contributed by atoms with Gasteiger partial charge in [0, 0.05) is 42.6 Å². The number of nitrogens with zero attached hydrogens (tertiary/aromatic N) is 3. The van der Waals surface area contributed by atoms with Crippen molar-refractivity contribution in [1.29, 1.82) is 0 Å². The lowest BCUT2D eigenvalue weighted by molar-refractivity contribution is -0.403. The van der Waals surface area contributed by atoms with E-state index in [4.69, 9.17) is 0 Å². The van der Waals surface area contributed by atoms with Crippen molar-refractivity contribution < 1.29 is 9.72 Å². The van der Waals surface area contributed by atoms with Crippen LogP contribution in [0.15, 0.2) is 84.3 Å². The minimum absolute atomic E-state index is 0.246. The lowest BCUT2D eigenvalue weighted by atomic mass is 10.1. The molecule has 38 heavy (non-hydrogen) atoms. The van der Waals surface area contributed by atoms with Crippen LogP contribution < -0.4 is 21.3 Å². The minimum atomic E-state index is -0.517. The first-order chi connectivity index (χ1) is 18.4. The largest absolute Gasteiger partial charge is 0.380 e. The maximum absolute atomic E-state index is 13.1. The van der Waals surface area contributed by atoms with Crippen LogP contribution in [0.2, 0.25) is 0 Å². The molecule has 0 atom stereocenters. The SMILES string of the molecule is CN(C)CCN/C(=C/[N+](=O)[O-])Nc1cccc(NC(=O)c2sccc2NCc2ccnc3ccccc23)c1. The maximum atomic E-state index is 13.1. The average Bonchev–Trinajstić information content (AvgIpc) is 3.36. The number of likely N-dealkylation sites (N-methyl/N-ethyl adjacent to an activating group) is 1. The van der Waals surface area contributed by atoms with E-state index in [1.165, 1.54) is 11.3 Å². The Hall–Kier alpha value is -4.48. The average molecular weight is 532 g/mol. The molecule has 0 saturated carbocycles. The molecule has 4 rings (SSSR count). The molecule has 10 nitrogen and oxygen atoms in total. The van der Waals surface area contributed by atoms with Crippen molar-refractivity contribution in [3.63, 3.8) is 0 Å². The fraction of sp³-hybridized carbons (Fsp3) is 0.185. The number of nitrogens with one attached hydrogen (secondary N) is 4. The van der Waals surface area contributed by atoms with Crippen molar-refractivity contribution in [3.05, 3.63) is 105 Å². The molecule has 0 radical (unpaired) electrons. The number of aromatic nitrogens is 1. The number of hydrogen-bond acceptors (Lipinski definition) is 9. The third-order valence-electron chi connectivity index (χ3n) is 5.59. The monoisotopic (exact) mass is 531 g/mol. The van der Waals surface area contributed by atoms with Crippen LogP contribution in [0, 0.1) is 10.1 Å². The number of anilines is 3. The zero-order chi connectivity index (χ0) is 26.9. The molecule has 11 heteroatoms. The number of hydrogen-bond donors (Lipinski definition) is 4. The van der Waals surface area contributed by atoms with E-state index in [-0.39, 0.29) is 11.7 Å². The van der Waals surface area contributed by atoms with Gasteiger partial charge in [0.15, 0.2) is 5.82 Å². The lowest BCUT2D eigenvalue weighted by Crippen LogP contribution is -2.29. The van der Waals surface area contributed by atoms with Crippen LogP contribution in [0.5, 0.6) is 0 Å². The highest BCUT2D eigenvalue weighted by atomic mass is 32.1. The summed E-state index contributed by atoms with van der Waals surface area (Å²) in [6.07, 6.45) is 2.67. The molecule has 0 aliphatic heterocycles. The number of carbonyl (C=O) groups is 1. The van der Waals surface area contributed by atoms with Gasteiger partial charge in [0.2, 0.25) is 0 Å².